The van der Waals surface area contributed by atoms with Gasteiger partial charge in [0.2, 0.25) is 23.6 Å². The minimum atomic E-state index is -1.64. The lowest BCUT2D eigenvalue weighted by Crippen LogP contribution is -2.58. The van der Waals surface area contributed by atoms with Gasteiger partial charge in [-0.1, -0.05) is 6.92 Å². The Hall–Kier alpha value is -3.40. The molecule has 0 saturated carbocycles. The van der Waals surface area contributed by atoms with E-state index in [-0.39, 0.29) is 11.7 Å². The average Bonchev–Trinajstić information content (AvgIpc) is 2.82. The lowest BCUT2D eigenvalue weighted by Gasteiger charge is -2.25. The molecule has 0 aromatic heterocycles. The molecule has 0 saturated heterocycles. The third-order valence-corrected chi connectivity index (χ3v) is 6.58. The monoisotopic (exact) mass is 563 g/mol. The molecule has 7 atom stereocenters. The molecule has 38 heavy (non-hydrogen) atoms. The molecular formula is C22H37N5O10S. The van der Waals surface area contributed by atoms with Crippen molar-refractivity contribution in [2.75, 3.05) is 13.3 Å². The highest BCUT2D eigenvalue weighted by atomic mass is 32.2. The summed E-state index contributed by atoms with van der Waals surface area (Å²) in [4.78, 5) is 84.0. The number of amides is 4. The van der Waals surface area contributed by atoms with Crippen molar-refractivity contribution >= 4 is 53.3 Å². The van der Waals surface area contributed by atoms with Gasteiger partial charge in [0, 0.05) is 5.25 Å². The Labute approximate surface area is 224 Å². The Morgan fingerprint density at radius 3 is 1.55 bits per heavy atom. The first-order valence-electron chi connectivity index (χ1n) is 11.6. The van der Waals surface area contributed by atoms with Crippen molar-refractivity contribution < 1.29 is 48.9 Å². The predicted molar refractivity (Wildman–Crippen MR) is 136 cm³/mol. The van der Waals surface area contributed by atoms with Crippen molar-refractivity contribution in [3.05, 3.63) is 0 Å². The molecule has 4 amide bonds. The van der Waals surface area contributed by atoms with E-state index in [2.05, 4.69) is 26.6 Å². The second-order valence-electron chi connectivity index (χ2n) is 8.69. The highest BCUT2D eigenvalue weighted by Crippen LogP contribution is 2.12. The third-order valence-electron chi connectivity index (χ3n) is 5.58. The molecule has 0 spiro atoms. The first kappa shape index (κ1) is 34.6. The summed E-state index contributed by atoms with van der Waals surface area (Å²) in [5, 5.41) is 39.1. The number of carboxylic acid groups (broad SMARTS) is 3. The maximum Gasteiger partial charge on any atom is 0.326 e. The molecule has 0 aliphatic heterocycles. The van der Waals surface area contributed by atoms with E-state index in [9.17, 15) is 38.7 Å². The van der Waals surface area contributed by atoms with Crippen molar-refractivity contribution in [1.29, 1.82) is 0 Å². The molecule has 0 radical (unpaired) electrons. The average molecular weight is 564 g/mol. The zero-order chi connectivity index (χ0) is 29.7. The number of thioether (sulfide) groups is 1. The third kappa shape index (κ3) is 11.8. The molecule has 0 heterocycles. The summed E-state index contributed by atoms with van der Waals surface area (Å²) in [6, 6.07) is -6.58. The Balaban J connectivity index is 5.33. The summed E-state index contributed by atoms with van der Waals surface area (Å²) in [7, 11) is 1.36. The van der Waals surface area contributed by atoms with E-state index in [0.717, 1.165) is 0 Å². The number of likely N-dealkylation sites (N-methyl/N-ethyl adjacent to an activating group) is 1. The van der Waals surface area contributed by atoms with Crippen molar-refractivity contribution in [2.24, 2.45) is 5.92 Å². The molecule has 0 aromatic carbocycles. The number of carbonyl (C=O) groups is 7. The molecular weight excluding hydrogens is 526 g/mol. The van der Waals surface area contributed by atoms with Gasteiger partial charge in [-0.05, 0) is 40.5 Å². The molecule has 8 N–H and O–H groups in total. The normalized spacial score (nSPS) is 16.4. The molecule has 216 valence electrons. The predicted octanol–water partition coefficient (Wildman–Crippen LogP) is -2.02. The van der Waals surface area contributed by atoms with Crippen molar-refractivity contribution in [1.82, 2.24) is 26.6 Å². The van der Waals surface area contributed by atoms with Gasteiger partial charge < -0.3 is 41.9 Å². The van der Waals surface area contributed by atoms with Gasteiger partial charge >= 0.3 is 17.9 Å². The summed E-state index contributed by atoms with van der Waals surface area (Å²) in [5.41, 5.74) is 0. The Bertz CT molecular complexity index is 902. The number of carbonyl (C=O) groups excluding carboxylic acids is 4. The summed E-state index contributed by atoms with van der Waals surface area (Å²) < 4.78 is 0. The Morgan fingerprint density at radius 2 is 1.16 bits per heavy atom. The van der Waals surface area contributed by atoms with Gasteiger partial charge in [0.25, 0.3) is 0 Å². The second kappa shape index (κ2) is 16.4. The zero-order valence-electron chi connectivity index (χ0n) is 22.1. The molecule has 15 nitrogen and oxygen atoms in total. The van der Waals surface area contributed by atoms with E-state index in [1.807, 2.05) is 0 Å². The Kier molecular flexibility index (Phi) is 15.0. The molecule has 0 aliphatic carbocycles. The topological polar surface area (TPSA) is 240 Å². The number of hydrogen-bond acceptors (Lipinski definition) is 9. The number of rotatable bonds is 17. The van der Waals surface area contributed by atoms with Crippen LogP contribution >= 0.6 is 11.8 Å². The maximum absolute atomic E-state index is 12.7. The fourth-order valence-electron chi connectivity index (χ4n) is 3.13. The number of hydrogen-bond donors (Lipinski definition) is 8. The SMILES string of the molecule is CNC(C(=O)NC(C)C(=O)NC(CC(=O)O)C(=O)NC(C)C(=O)NC(CC(C)SC)C(=O)O)C(C)C(=O)O. The fourth-order valence-corrected chi connectivity index (χ4v) is 3.51. The van der Waals surface area contributed by atoms with E-state index in [1.165, 1.54) is 39.6 Å². The van der Waals surface area contributed by atoms with E-state index in [0.29, 0.717) is 0 Å². The molecule has 0 fully saturated rings. The van der Waals surface area contributed by atoms with E-state index < -0.39 is 84.1 Å². The molecule has 16 heteroatoms. The van der Waals surface area contributed by atoms with Crippen LogP contribution in [0.3, 0.4) is 0 Å². The van der Waals surface area contributed by atoms with E-state index >= 15 is 0 Å². The molecule has 0 aromatic rings. The smallest absolute Gasteiger partial charge is 0.326 e. The van der Waals surface area contributed by atoms with E-state index in [1.54, 1.807) is 13.2 Å². The quantitative estimate of drug-likeness (QED) is 0.0956. The highest BCUT2D eigenvalue weighted by molar-refractivity contribution is 7.99. The summed E-state index contributed by atoms with van der Waals surface area (Å²) in [5.74, 6) is -8.68. The lowest BCUT2D eigenvalue weighted by atomic mass is 10.0. The lowest BCUT2D eigenvalue weighted by molar-refractivity contribution is -0.145. The van der Waals surface area contributed by atoms with Gasteiger partial charge in [-0.25, -0.2) is 4.79 Å². The number of nitrogens with one attached hydrogen (secondary N) is 5. The van der Waals surface area contributed by atoms with Crippen LogP contribution in [0, 0.1) is 5.92 Å². The van der Waals surface area contributed by atoms with Gasteiger partial charge in [0.15, 0.2) is 0 Å². The van der Waals surface area contributed by atoms with Crippen LogP contribution in [0.5, 0.6) is 0 Å². The van der Waals surface area contributed by atoms with Gasteiger partial charge in [-0.15, -0.1) is 0 Å². The standard InChI is InChI=1S/C22H37N5O10S/c1-9(38-6)7-14(22(36)37)27-18(31)11(3)24-19(32)13(8-15(28)29)26-17(30)12(4)25-20(33)16(23-5)10(2)21(34)35/h9-14,16,23H,7-8H2,1-6H3,(H,24,32)(H,25,33)(H,26,30)(H,27,31)(H,28,29)(H,34,35)(H,36,37). The minimum absolute atomic E-state index is 0.0744. The molecule has 7 unspecified atom stereocenters. The van der Waals surface area contributed by atoms with Crippen molar-refractivity contribution in [3.8, 4) is 0 Å². The first-order chi connectivity index (χ1) is 17.5. The van der Waals surface area contributed by atoms with Gasteiger partial charge in [0.05, 0.1) is 18.4 Å². The van der Waals surface area contributed by atoms with Crippen LogP contribution in [0.2, 0.25) is 0 Å². The van der Waals surface area contributed by atoms with Crippen LogP contribution in [-0.2, 0) is 33.6 Å². The largest absolute Gasteiger partial charge is 0.481 e. The molecule has 0 bridgehead atoms. The van der Waals surface area contributed by atoms with Crippen molar-refractivity contribution in [2.45, 2.75) is 76.0 Å². The van der Waals surface area contributed by atoms with Crippen LogP contribution in [0.1, 0.15) is 40.5 Å². The highest BCUT2D eigenvalue weighted by Gasteiger charge is 2.33. The summed E-state index contributed by atoms with van der Waals surface area (Å²) in [6.07, 6.45) is 1.06. The van der Waals surface area contributed by atoms with E-state index in [4.69, 9.17) is 10.2 Å². The number of aliphatic carboxylic acids is 3. The first-order valence-corrected chi connectivity index (χ1v) is 12.9. The van der Waals surface area contributed by atoms with Crippen LogP contribution in [0.4, 0.5) is 0 Å². The maximum atomic E-state index is 12.7. The van der Waals surface area contributed by atoms with Crippen molar-refractivity contribution in [3.63, 3.8) is 0 Å². The van der Waals surface area contributed by atoms with Crippen LogP contribution in [-0.4, -0.2) is 106 Å². The van der Waals surface area contributed by atoms with Crippen LogP contribution in [0.15, 0.2) is 0 Å². The zero-order valence-corrected chi connectivity index (χ0v) is 22.9. The molecule has 0 aliphatic rings. The fraction of sp³-hybridized carbons (Fsp3) is 0.682. The van der Waals surface area contributed by atoms with Crippen LogP contribution in [0.25, 0.3) is 0 Å². The van der Waals surface area contributed by atoms with Gasteiger partial charge in [-0.3, -0.25) is 28.8 Å². The summed E-state index contributed by atoms with van der Waals surface area (Å²) in [6.45, 7) is 5.58. The number of carboxylic acids is 3. The summed E-state index contributed by atoms with van der Waals surface area (Å²) >= 11 is 1.41. The Morgan fingerprint density at radius 1 is 0.684 bits per heavy atom. The molecule has 0 rings (SSSR count). The van der Waals surface area contributed by atoms with Gasteiger partial charge in [0.1, 0.15) is 24.2 Å². The minimum Gasteiger partial charge on any atom is -0.481 e. The van der Waals surface area contributed by atoms with Crippen LogP contribution < -0.4 is 26.6 Å². The van der Waals surface area contributed by atoms with Gasteiger partial charge in [-0.2, -0.15) is 11.8 Å². The second-order valence-corrected chi connectivity index (χ2v) is 9.97.